The fourth-order valence-corrected chi connectivity index (χ4v) is 3.56. The molecule has 0 bridgehead atoms. The zero-order valence-corrected chi connectivity index (χ0v) is 18.3. The van der Waals surface area contributed by atoms with E-state index in [1.165, 1.54) is 39.0 Å². The third kappa shape index (κ3) is 5.30. The maximum atomic E-state index is 12.4. The van der Waals surface area contributed by atoms with Crippen LogP contribution in [0.1, 0.15) is 50.7 Å². The molecule has 0 atom stereocenters. The first-order chi connectivity index (χ1) is 14.4. The lowest BCUT2D eigenvalue weighted by Gasteiger charge is -2.20. The van der Waals surface area contributed by atoms with E-state index in [1.54, 1.807) is 12.2 Å². The molecule has 0 aliphatic heterocycles. The van der Waals surface area contributed by atoms with Gasteiger partial charge in [-0.15, -0.1) is 0 Å². The molecule has 0 N–H and O–H groups in total. The third-order valence-corrected chi connectivity index (χ3v) is 5.25. The van der Waals surface area contributed by atoms with Crippen molar-refractivity contribution in [1.29, 1.82) is 0 Å². The molecule has 0 saturated carbocycles. The van der Waals surface area contributed by atoms with Crippen molar-refractivity contribution in [2.24, 2.45) is 5.41 Å². The monoisotopic (exact) mass is 406 g/mol. The number of unbranched alkanes of at least 4 members (excludes halogenated alkanes) is 2. The quantitative estimate of drug-likeness (QED) is 0.279. The molecular weight excluding hydrogens is 376 g/mol. The van der Waals surface area contributed by atoms with Gasteiger partial charge in [-0.25, -0.2) is 0 Å². The van der Waals surface area contributed by atoms with Crippen LogP contribution in [0.4, 0.5) is 0 Å². The number of carbonyl (C=O) groups is 2. The average Bonchev–Trinajstić information content (AvgIpc) is 3.15. The topological polar surface area (TPSA) is 52.6 Å². The first-order valence-corrected chi connectivity index (χ1v) is 10.2. The van der Waals surface area contributed by atoms with Crippen LogP contribution in [0.15, 0.2) is 59.7 Å². The zero-order valence-electron chi connectivity index (χ0n) is 18.3. The number of allylic oxidation sites excluding steroid dienone is 4. The molecule has 4 heteroatoms. The van der Waals surface area contributed by atoms with Gasteiger partial charge in [0, 0.05) is 12.0 Å². The van der Waals surface area contributed by atoms with Crippen molar-refractivity contribution >= 4 is 11.9 Å². The number of rotatable bonds is 7. The van der Waals surface area contributed by atoms with E-state index in [9.17, 15) is 9.59 Å². The molecule has 158 valence electrons. The number of benzene rings is 1. The summed E-state index contributed by atoms with van der Waals surface area (Å²) in [6, 6.07) is 8.26. The van der Waals surface area contributed by atoms with E-state index >= 15 is 0 Å². The minimum Gasteiger partial charge on any atom is -0.468 e. The van der Waals surface area contributed by atoms with E-state index < -0.39 is 17.4 Å². The summed E-state index contributed by atoms with van der Waals surface area (Å²) < 4.78 is 9.76. The lowest BCUT2D eigenvalue weighted by atomic mass is 9.86. The molecule has 0 amide bonds. The van der Waals surface area contributed by atoms with E-state index in [1.807, 2.05) is 19.1 Å². The van der Waals surface area contributed by atoms with Crippen molar-refractivity contribution in [3.8, 4) is 11.8 Å². The Morgan fingerprint density at radius 1 is 1.13 bits per heavy atom. The summed E-state index contributed by atoms with van der Waals surface area (Å²) in [6.07, 6.45) is 8.21. The summed E-state index contributed by atoms with van der Waals surface area (Å²) in [4.78, 5) is 24.8. The number of esters is 2. The lowest BCUT2D eigenvalue weighted by molar-refractivity contribution is -0.164. The first-order valence-electron chi connectivity index (χ1n) is 10.2. The summed E-state index contributed by atoms with van der Waals surface area (Å²) in [5.74, 6) is 4.88. The zero-order chi connectivity index (χ0) is 22.1. The van der Waals surface area contributed by atoms with Crippen LogP contribution in [0.2, 0.25) is 0 Å². The average molecular weight is 407 g/mol. The van der Waals surface area contributed by atoms with Crippen molar-refractivity contribution < 1.29 is 19.1 Å². The van der Waals surface area contributed by atoms with Gasteiger partial charge in [0.25, 0.3) is 0 Å². The third-order valence-electron chi connectivity index (χ3n) is 5.25. The molecule has 4 nitrogen and oxygen atoms in total. The molecular formula is C26H30O4. The highest BCUT2D eigenvalue weighted by Crippen LogP contribution is 2.44. The van der Waals surface area contributed by atoms with Crippen molar-refractivity contribution in [3.63, 3.8) is 0 Å². The Morgan fingerprint density at radius 3 is 2.30 bits per heavy atom. The van der Waals surface area contributed by atoms with E-state index in [-0.39, 0.29) is 6.42 Å². The molecule has 1 aromatic rings. The van der Waals surface area contributed by atoms with Crippen LogP contribution in [-0.4, -0.2) is 26.2 Å². The van der Waals surface area contributed by atoms with Gasteiger partial charge >= 0.3 is 11.9 Å². The van der Waals surface area contributed by atoms with Crippen LogP contribution in [0.25, 0.3) is 0 Å². The number of hydrogen-bond donors (Lipinski definition) is 0. The second kappa shape index (κ2) is 10.6. The van der Waals surface area contributed by atoms with Crippen molar-refractivity contribution in [2.75, 3.05) is 14.2 Å². The molecule has 1 aromatic carbocycles. The summed E-state index contributed by atoms with van der Waals surface area (Å²) >= 11 is 0. The number of carbonyl (C=O) groups excluding carboxylic acids is 2. The smallest absolute Gasteiger partial charge is 0.327 e. The van der Waals surface area contributed by atoms with Gasteiger partial charge in [-0.1, -0.05) is 55.9 Å². The van der Waals surface area contributed by atoms with Gasteiger partial charge in [-0.3, -0.25) is 9.59 Å². The largest absolute Gasteiger partial charge is 0.468 e. The van der Waals surface area contributed by atoms with E-state index in [0.29, 0.717) is 0 Å². The summed E-state index contributed by atoms with van der Waals surface area (Å²) in [5, 5.41) is 0. The van der Waals surface area contributed by atoms with Gasteiger partial charge < -0.3 is 9.47 Å². The fraction of sp³-hybridized carbons (Fsp3) is 0.385. The molecule has 1 aliphatic rings. The van der Waals surface area contributed by atoms with E-state index in [2.05, 4.69) is 37.5 Å². The van der Waals surface area contributed by atoms with Crippen molar-refractivity contribution in [3.05, 3.63) is 70.8 Å². The molecule has 0 spiro atoms. The van der Waals surface area contributed by atoms with Gasteiger partial charge in [0.15, 0.2) is 5.41 Å². The predicted molar refractivity (Wildman–Crippen MR) is 119 cm³/mol. The van der Waals surface area contributed by atoms with Crippen LogP contribution in [0.3, 0.4) is 0 Å². The second-order valence-corrected chi connectivity index (χ2v) is 7.56. The number of ether oxygens (including phenoxy) is 2. The van der Waals surface area contributed by atoms with Gasteiger partial charge in [0.1, 0.15) is 0 Å². The molecule has 0 saturated heterocycles. The Hall–Kier alpha value is -3.06. The van der Waals surface area contributed by atoms with Crippen LogP contribution in [0.5, 0.6) is 0 Å². The Labute approximate surface area is 179 Å². The molecule has 1 aliphatic carbocycles. The van der Waals surface area contributed by atoms with Crippen molar-refractivity contribution in [1.82, 2.24) is 0 Å². The van der Waals surface area contributed by atoms with Crippen LogP contribution in [-0.2, 0) is 25.5 Å². The fourth-order valence-electron chi connectivity index (χ4n) is 3.56. The van der Waals surface area contributed by atoms with Crippen LogP contribution >= 0.6 is 0 Å². The Balaban J connectivity index is 2.25. The Morgan fingerprint density at radius 2 is 1.77 bits per heavy atom. The number of methoxy groups -OCH3 is 2. The minimum atomic E-state index is -1.49. The van der Waals surface area contributed by atoms with Gasteiger partial charge in [-0.05, 0) is 60.8 Å². The molecule has 0 unspecified atom stereocenters. The number of hydrogen-bond acceptors (Lipinski definition) is 4. The maximum Gasteiger partial charge on any atom is 0.327 e. The maximum absolute atomic E-state index is 12.4. The van der Waals surface area contributed by atoms with Crippen LogP contribution < -0.4 is 0 Å². The molecule has 0 aromatic heterocycles. The van der Waals surface area contributed by atoms with Gasteiger partial charge in [-0.2, -0.15) is 0 Å². The minimum absolute atomic E-state index is 0.138. The van der Waals surface area contributed by atoms with E-state index in [4.69, 9.17) is 9.47 Å². The number of aryl methyl sites for hydroxylation is 1. The highest BCUT2D eigenvalue weighted by molar-refractivity contribution is 6.04. The molecule has 30 heavy (non-hydrogen) atoms. The Bertz CT molecular complexity index is 904. The molecule has 0 heterocycles. The predicted octanol–water partition coefficient (Wildman–Crippen LogP) is 4.94. The molecule has 0 fully saturated rings. The molecule has 0 radical (unpaired) electrons. The SMILES string of the molecule is C=C(C)C1=CC(C(=O)OC)(C(=O)OC)C/C1=C\C#Cc1ccc(CCCCC)cc1. The second-order valence-electron chi connectivity index (χ2n) is 7.56. The summed E-state index contributed by atoms with van der Waals surface area (Å²) in [7, 11) is 2.52. The van der Waals surface area contributed by atoms with Crippen LogP contribution in [0, 0.1) is 17.3 Å². The van der Waals surface area contributed by atoms with E-state index in [0.717, 1.165) is 28.7 Å². The molecule has 2 rings (SSSR count). The van der Waals surface area contributed by atoms with Gasteiger partial charge in [0.05, 0.1) is 14.2 Å². The highest BCUT2D eigenvalue weighted by Gasteiger charge is 2.51. The normalized spacial score (nSPS) is 15.7. The highest BCUT2D eigenvalue weighted by atomic mass is 16.5. The Kier molecular flexibility index (Phi) is 8.24. The standard InChI is InChI=1S/C26H30O4/c1-6-7-8-10-20-13-15-21(16-14-20)11-9-12-22-17-26(24(27)29-4,25(28)30-5)18-23(22)19(2)3/h12-16,18H,2,6-8,10,17H2,1,3-5H3/b22-12+. The van der Waals surface area contributed by atoms with Crippen molar-refractivity contribution in [2.45, 2.75) is 46.0 Å². The lowest BCUT2D eigenvalue weighted by Crippen LogP contribution is -2.38. The van der Waals surface area contributed by atoms with Gasteiger partial charge in [0.2, 0.25) is 0 Å². The summed E-state index contributed by atoms with van der Waals surface area (Å²) in [5.41, 5.74) is 2.97. The summed E-state index contributed by atoms with van der Waals surface area (Å²) in [6.45, 7) is 8.00. The first kappa shape index (κ1) is 23.2.